The number of aromatic nitrogens is 1. The summed E-state index contributed by atoms with van der Waals surface area (Å²) in [6, 6.07) is 20.8. The molecule has 3 aromatic rings. The molecule has 0 saturated heterocycles. The molecule has 0 aliphatic rings. The highest BCUT2D eigenvalue weighted by molar-refractivity contribution is 6.13. The molecule has 3 rings (SSSR count). The van der Waals surface area contributed by atoms with E-state index in [1.54, 1.807) is 33.9 Å². The fourth-order valence-electron chi connectivity index (χ4n) is 2.90. The van der Waals surface area contributed by atoms with Crippen molar-refractivity contribution in [2.24, 2.45) is 4.99 Å². The Morgan fingerprint density at radius 3 is 2.10 bits per heavy atom. The predicted molar refractivity (Wildman–Crippen MR) is 120 cm³/mol. The highest BCUT2D eigenvalue weighted by Crippen LogP contribution is 2.23. The minimum absolute atomic E-state index is 0.158. The molecule has 5 nitrogen and oxygen atoms in total. The Bertz CT molecular complexity index is 1020. The summed E-state index contributed by atoms with van der Waals surface area (Å²) in [7, 11) is 1.61. The van der Waals surface area contributed by atoms with Gasteiger partial charge in [-0.2, -0.15) is 0 Å². The number of benzene rings is 2. The van der Waals surface area contributed by atoms with Crippen LogP contribution in [0.25, 0.3) is 0 Å². The lowest BCUT2D eigenvalue weighted by Crippen LogP contribution is -2.34. The zero-order valence-corrected chi connectivity index (χ0v) is 18.2. The molecule has 6 heteroatoms. The molecule has 1 aromatic heterocycles. The third-order valence-corrected chi connectivity index (χ3v) is 4.32. The first-order valence-corrected chi connectivity index (χ1v) is 10.0. The van der Waals surface area contributed by atoms with Gasteiger partial charge in [0.05, 0.1) is 24.1 Å². The van der Waals surface area contributed by atoms with Gasteiger partial charge in [-0.05, 0) is 26.8 Å². The third kappa shape index (κ3) is 6.22. The van der Waals surface area contributed by atoms with E-state index in [0.717, 1.165) is 17.3 Å². The monoisotopic (exact) mass is 419 g/mol. The molecule has 0 bridgehead atoms. The average Bonchev–Trinajstić information content (AvgIpc) is 2.74. The molecule has 0 spiro atoms. The van der Waals surface area contributed by atoms with Crippen molar-refractivity contribution >= 4 is 17.5 Å². The molecule has 0 N–H and O–H groups in total. The van der Waals surface area contributed by atoms with E-state index in [-0.39, 0.29) is 12.2 Å². The third-order valence-electron chi connectivity index (χ3n) is 4.32. The summed E-state index contributed by atoms with van der Waals surface area (Å²) in [6.07, 6.45) is 0.656. The molecule has 1 amide bonds. The Hall–Kier alpha value is -3.54. The summed E-state index contributed by atoms with van der Waals surface area (Å²) in [5, 5.41) is 0. The summed E-state index contributed by atoms with van der Waals surface area (Å²) in [5.74, 6) is -0.534. The van der Waals surface area contributed by atoms with E-state index < -0.39 is 17.5 Å². The van der Waals surface area contributed by atoms with Crippen LogP contribution in [0.4, 0.5) is 14.9 Å². The Kier molecular flexibility index (Phi) is 6.80. The highest BCUT2D eigenvalue weighted by Gasteiger charge is 2.20. The summed E-state index contributed by atoms with van der Waals surface area (Å²) in [4.78, 5) is 22.4. The number of carbonyl (C=O) groups excluding carboxylic acids is 1. The normalized spacial score (nSPS) is 11.0. The maximum absolute atomic E-state index is 14.6. The molecule has 31 heavy (non-hydrogen) atoms. The molecule has 0 unspecified atom stereocenters. The van der Waals surface area contributed by atoms with Crippen molar-refractivity contribution in [3.8, 4) is 0 Å². The van der Waals surface area contributed by atoms with E-state index in [1.807, 2.05) is 60.7 Å². The molecular weight excluding hydrogens is 393 g/mol. The van der Waals surface area contributed by atoms with E-state index >= 15 is 0 Å². The van der Waals surface area contributed by atoms with E-state index in [2.05, 4.69) is 9.98 Å². The van der Waals surface area contributed by atoms with Crippen molar-refractivity contribution in [3.05, 3.63) is 95.6 Å². The van der Waals surface area contributed by atoms with Crippen LogP contribution in [0.2, 0.25) is 0 Å². The molecule has 0 aliphatic heterocycles. The Morgan fingerprint density at radius 2 is 1.58 bits per heavy atom. The molecule has 1 heterocycles. The lowest BCUT2D eigenvalue weighted by molar-refractivity contribution is 0.0283. The lowest BCUT2D eigenvalue weighted by atomic mass is 10.0. The predicted octanol–water partition coefficient (Wildman–Crippen LogP) is 5.76. The van der Waals surface area contributed by atoms with Crippen molar-refractivity contribution in [2.45, 2.75) is 32.9 Å². The van der Waals surface area contributed by atoms with Gasteiger partial charge in [-0.15, -0.1) is 0 Å². The van der Waals surface area contributed by atoms with Crippen LogP contribution in [0.5, 0.6) is 0 Å². The first-order chi connectivity index (χ1) is 14.7. The van der Waals surface area contributed by atoms with Crippen LogP contribution < -0.4 is 0 Å². The van der Waals surface area contributed by atoms with Gasteiger partial charge in [0.1, 0.15) is 11.3 Å². The number of amides is 1. The molecule has 160 valence electrons. The number of hydrogen-bond donors (Lipinski definition) is 0. The van der Waals surface area contributed by atoms with Gasteiger partial charge in [0.25, 0.3) is 0 Å². The Labute approximate surface area is 182 Å². The standard InChI is InChI=1S/C25H26FN3O2/c1-25(2,3)31-24(30)29(4)17-20-15-22(21(26)16-27-20)28-23(18-11-7-5-8-12-18)19-13-9-6-10-14-19/h5-16H,17H2,1-4H3. The van der Waals surface area contributed by atoms with Crippen LogP contribution in [0.15, 0.2) is 77.9 Å². The largest absolute Gasteiger partial charge is 0.444 e. The number of ether oxygens (including phenoxy) is 1. The quantitative estimate of drug-likeness (QED) is 0.494. The fourth-order valence-corrected chi connectivity index (χ4v) is 2.90. The molecular formula is C25H26FN3O2. The van der Waals surface area contributed by atoms with Gasteiger partial charge in [-0.25, -0.2) is 14.2 Å². The zero-order valence-electron chi connectivity index (χ0n) is 18.2. The van der Waals surface area contributed by atoms with E-state index in [9.17, 15) is 9.18 Å². The van der Waals surface area contributed by atoms with Crippen molar-refractivity contribution in [2.75, 3.05) is 7.05 Å². The van der Waals surface area contributed by atoms with Gasteiger partial charge in [-0.3, -0.25) is 4.98 Å². The van der Waals surface area contributed by atoms with E-state index in [1.165, 1.54) is 4.90 Å². The smallest absolute Gasteiger partial charge is 0.410 e. The van der Waals surface area contributed by atoms with Gasteiger partial charge in [0, 0.05) is 18.2 Å². The zero-order chi connectivity index (χ0) is 22.4. The molecule has 0 aliphatic carbocycles. The second kappa shape index (κ2) is 9.51. The van der Waals surface area contributed by atoms with Crippen LogP contribution in [0.1, 0.15) is 37.6 Å². The number of nitrogens with zero attached hydrogens (tertiary/aromatic N) is 3. The molecule has 0 saturated carbocycles. The maximum Gasteiger partial charge on any atom is 0.410 e. The molecule has 0 radical (unpaired) electrons. The van der Waals surface area contributed by atoms with Gasteiger partial charge < -0.3 is 9.64 Å². The second-order valence-corrected chi connectivity index (χ2v) is 8.16. The molecule has 2 aromatic carbocycles. The van der Waals surface area contributed by atoms with Gasteiger partial charge in [-0.1, -0.05) is 60.7 Å². The van der Waals surface area contributed by atoms with Crippen molar-refractivity contribution in [1.29, 1.82) is 0 Å². The number of aliphatic imine (C=N–C) groups is 1. The number of halogens is 1. The summed E-state index contributed by atoms with van der Waals surface area (Å²) in [5.41, 5.74) is 2.46. The average molecular weight is 420 g/mol. The van der Waals surface area contributed by atoms with Crippen molar-refractivity contribution < 1.29 is 13.9 Å². The Morgan fingerprint density at radius 1 is 1.03 bits per heavy atom. The number of rotatable bonds is 5. The van der Waals surface area contributed by atoms with E-state index in [4.69, 9.17) is 4.74 Å². The lowest BCUT2D eigenvalue weighted by Gasteiger charge is -2.24. The van der Waals surface area contributed by atoms with Crippen molar-refractivity contribution in [3.63, 3.8) is 0 Å². The van der Waals surface area contributed by atoms with Crippen LogP contribution in [-0.2, 0) is 11.3 Å². The first kappa shape index (κ1) is 22.2. The molecule has 0 atom stereocenters. The van der Waals surface area contributed by atoms with E-state index in [0.29, 0.717) is 11.4 Å². The summed E-state index contributed by atoms with van der Waals surface area (Å²) < 4.78 is 20.0. The SMILES string of the molecule is CN(Cc1cc(N=C(c2ccccc2)c2ccccc2)c(F)cn1)C(=O)OC(C)(C)C. The second-order valence-electron chi connectivity index (χ2n) is 8.16. The topological polar surface area (TPSA) is 54.8 Å². The minimum Gasteiger partial charge on any atom is -0.444 e. The Balaban J connectivity index is 1.94. The summed E-state index contributed by atoms with van der Waals surface area (Å²) >= 11 is 0. The van der Waals surface area contributed by atoms with Gasteiger partial charge >= 0.3 is 6.09 Å². The summed E-state index contributed by atoms with van der Waals surface area (Å²) in [6.45, 7) is 5.58. The minimum atomic E-state index is -0.600. The van der Waals surface area contributed by atoms with Crippen LogP contribution in [-0.4, -0.2) is 34.3 Å². The van der Waals surface area contributed by atoms with Gasteiger partial charge in [0.2, 0.25) is 0 Å². The first-order valence-electron chi connectivity index (χ1n) is 10.0. The van der Waals surface area contributed by atoms with Gasteiger partial charge in [0.15, 0.2) is 5.82 Å². The van der Waals surface area contributed by atoms with Crippen LogP contribution >= 0.6 is 0 Å². The fraction of sp³-hybridized carbons (Fsp3) is 0.240. The van der Waals surface area contributed by atoms with Crippen LogP contribution in [0.3, 0.4) is 0 Å². The highest BCUT2D eigenvalue weighted by atomic mass is 19.1. The number of carbonyl (C=O) groups is 1. The number of hydrogen-bond acceptors (Lipinski definition) is 4. The molecule has 0 fully saturated rings. The van der Waals surface area contributed by atoms with Crippen LogP contribution in [0, 0.1) is 5.82 Å². The van der Waals surface area contributed by atoms with Crippen molar-refractivity contribution in [1.82, 2.24) is 9.88 Å². The maximum atomic E-state index is 14.6. The number of pyridine rings is 1.